The molecule has 0 radical (unpaired) electrons. The average Bonchev–Trinajstić information content (AvgIpc) is 2.34. The standard InChI is InChI=1S/C13H18O6/c1-3-4-7-18-13(17,9(2)14)19-10-5-6-11(15)12(16)8-10/h4-9,12,14,16-17H,3H2,1-2H3/b7-4-. The molecule has 0 heterocycles. The van der Waals surface area contributed by atoms with E-state index in [1.807, 2.05) is 6.92 Å². The Labute approximate surface area is 111 Å². The van der Waals surface area contributed by atoms with Gasteiger partial charge in [-0.1, -0.05) is 6.92 Å². The Balaban J connectivity index is 2.79. The summed E-state index contributed by atoms with van der Waals surface area (Å²) >= 11 is 0. The number of hydrogen-bond donors (Lipinski definition) is 3. The minimum atomic E-state index is -2.29. The molecule has 0 saturated carbocycles. The Hall–Kier alpha value is -1.63. The van der Waals surface area contributed by atoms with Crippen molar-refractivity contribution in [2.75, 3.05) is 0 Å². The Morgan fingerprint density at radius 2 is 2.21 bits per heavy atom. The maximum atomic E-state index is 11.1. The van der Waals surface area contributed by atoms with Crippen LogP contribution >= 0.6 is 0 Å². The molecule has 0 bridgehead atoms. The summed E-state index contributed by atoms with van der Waals surface area (Å²) in [6, 6.07) is 0. The monoisotopic (exact) mass is 270 g/mol. The van der Waals surface area contributed by atoms with Crippen LogP contribution in [0.5, 0.6) is 0 Å². The van der Waals surface area contributed by atoms with Crippen LogP contribution in [0.15, 0.2) is 36.3 Å². The zero-order valence-electron chi connectivity index (χ0n) is 10.8. The summed E-state index contributed by atoms with van der Waals surface area (Å²) < 4.78 is 10.1. The minimum Gasteiger partial charge on any atom is -0.436 e. The number of aliphatic hydroxyl groups is 3. The summed E-state index contributed by atoms with van der Waals surface area (Å²) in [5.74, 6) is -2.75. The number of hydrogen-bond acceptors (Lipinski definition) is 6. The fourth-order valence-corrected chi connectivity index (χ4v) is 1.24. The quantitative estimate of drug-likeness (QED) is 0.476. The van der Waals surface area contributed by atoms with Gasteiger partial charge in [0, 0.05) is 0 Å². The van der Waals surface area contributed by atoms with Crippen molar-refractivity contribution in [2.24, 2.45) is 0 Å². The molecule has 3 unspecified atom stereocenters. The van der Waals surface area contributed by atoms with Gasteiger partial charge in [0.25, 0.3) is 0 Å². The molecule has 0 aromatic carbocycles. The van der Waals surface area contributed by atoms with E-state index in [0.29, 0.717) is 6.42 Å². The first kappa shape index (κ1) is 15.4. The molecular weight excluding hydrogens is 252 g/mol. The summed E-state index contributed by atoms with van der Waals surface area (Å²) in [5, 5.41) is 28.9. The fourth-order valence-electron chi connectivity index (χ4n) is 1.24. The van der Waals surface area contributed by atoms with E-state index in [1.54, 1.807) is 6.08 Å². The third-order valence-corrected chi connectivity index (χ3v) is 2.39. The Morgan fingerprint density at radius 1 is 1.53 bits per heavy atom. The number of aliphatic hydroxyl groups excluding tert-OH is 2. The zero-order valence-corrected chi connectivity index (χ0v) is 10.8. The second-order valence-electron chi connectivity index (χ2n) is 4.06. The van der Waals surface area contributed by atoms with E-state index in [0.717, 1.165) is 12.2 Å². The summed E-state index contributed by atoms with van der Waals surface area (Å²) in [5.41, 5.74) is 0. The van der Waals surface area contributed by atoms with E-state index in [2.05, 4.69) is 0 Å². The van der Waals surface area contributed by atoms with Gasteiger partial charge in [0.1, 0.15) is 11.9 Å². The second kappa shape index (κ2) is 6.51. The van der Waals surface area contributed by atoms with Crippen molar-refractivity contribution in [3.63, 3.8) is 0 Å². The molecule has 6 nitrogen and oxygen atoms in total. The molecule has 6 heteroatoms. The Bertz CT molecular complexity index is 409. The lowest BCUT2D eigenvalue weighted by molar-refractivity contribution is -0.358. The van der Waals surface area contributed by atoms with Crippen molar-refractivity contribution in [1.82, 2.24) is 0 Å². The largest absolute Gasteiger partial charge is 0.436 e. The van der Waals surface area contributed by atoms with E-state index in [1.165, 1.54) is 19.3 Å². The fraction of sp³-hybridized carbons (Fsp3) is 0.462. The molecule has 0 aromatic rings. The van der Waals surface area contributed by atoms with Gasteiger partial charge < -0.3 is 24.8 Å². The molecule has 106 valence electrons. The van der Waals surface area contributed by atoms with Crippen molar-refractivity contribution < 1.29 is 29.6 Å². The Morgan fingerprint density at radius 3 is 2.74 bits per heavy atom. The average molecular weight is 270 g/mol. The first-order chi connectivity index (χ1) is 8.89. The molecule has 0 saturated heterocycles. The van der Waals surface area contributed by atoms with Crippen LogP contribution in [0.25, 0.3) is 0 Å². The third-order valence-electron chi connectivity index (χ3n) is 2.39. The maximum Gasteiger partial charge on any atom is 0.396 e. The van der Waals surface area contributed by atoms with Crippen molar-refractivity contribution in [3.05, 3.63) is 36.3 Å². The molecule has 3 N–H and O–H groups in total. The molecule has 0 spiro atoms. The van der Waals surface area contributed by atoms with Crippen LogP contribution in [0.2, 0.25) is 0 Å². The van der Waals surface area contributed by atoms with Gasteiger partial charge in [-0.25, -0.2) is 0 Å². The first-order valence-corrected chi connectivity index (χ1v) is 5.93. The SMILES string of the molecule is CC/C=C\OC(O)(OC1=CC(O)C(=O)C=C1)C(C)O. The molecule has 0 amide bonds. The van der Waals surface area contributed by atoms with Gasteiger partial charge in [0.15, 0.2) is 11.9 Å². The van der Waals surface area contributed by atoms with Crippen LogP contribution in [0.1, 0.15) is 20.3 Å². The highest BCUT2D eigenvalue weighted by molar-refractivity contribution is 5.96. The number of rotatable bonds is 6. The smallest absolute Gasteiger partial charge is 0.396 e. The maximum absolute atomic E-state index is 11.1. The lowest BCUT2D eigenvalue weighted by Gasteiger charge is -2.30. The topological polar surface area (TPSA) is 96.2 Å². The predicted octanol–water partition coefficient (Wildman–Crippen LogP) is 0.354. The van der Waals surface area contributed by atoms with E-state index in [-0.39, 0.29) is 5.76 Å². The van der Waals surface area contributed by atoms with Crippen molar-refractivity contribution in [2.45, 2.75) is 38.4 Å². The van der Waals surface area contributed by atoms with Crippen LogP contribution in [0, 0.1) is 0 Å². The molecule has 0 aromatic heterocycles. The van der Waals surface area contributed by atoms with Crippen LogP contribution < -0.4 is 0 Å². The molecule has 1 aliphatic carbocycles. The number of carbonyl (C=O) groups is 1. The van der Waals surface area contributed by atoms with Gasteiger partial charge in [0.2, 0.25) is 0 Å². The van der Waals surface area contributed by atoms with Crippen molar-refractivity contribution >= 4 is 5.78 Å². The van der Waals surface area contributed by atoms with Gasteiger partial charge in [-0.15, -0.1) is 0 Å². The van der Waals surface area contributed by atoms with Gasteiger partial charge >= 0.3 is 5.97 Å². The van der Waals surface area contributed by atoms with Crippen molar-refractivity contribution in [3.8, 4) is 0 Å². The van der Waals surface area contributed by atoms with Crippen LogP contribution in [-0.2, 0) is 14.3 Å². The molecule has 0 fully saturated rings. The third kappa shape index (κ3) is 4.20. The van der Waals surface area contributed by atoms with E-state index < -0.39 is 24.0 Å². The molecule has 0 aliphatic heterocycles. The summed E-state index contributed by atoms with van der Waals surface area (Å²) in [4.78, 5) is 11.1. The van der Waals surface area contributed by atoms with Crippen LogP contribution in [0.4, 0.5) is 0 Å². The number of allylic oxidation sites excluding steroid dienone is 2. The van der Waals surface area contributed by atoms with Crippen LogP contribution in [0.3, 0.4) is 0 Å². The van der Waals surface area contributed by atoms with Gasteiger partial charge in [-0.2, -0.15) is 0 Å². The van der Waals surface area contributed by atoms with E-state index in [4.69, 9.17) is 9.47 Å². The highest BCUT2D eigenvalue weighted by Gasteiger charge is 2.38. The lowest BCUT2D eigenvalue weighted by atomic mass is 10.1. The molecular formula is C13H18O6. The number of ketones is 1. The highest BCUT2D eigenvalue weighted by atomic mass is 16.8. The molecule has 3 atom stereocenters. The normalized spacial score (nSPS) is 23.9. The highest BCUT2D eigenvalue weighted by Crippen LogP contribution is 2.22. The number of ether oxygens (including phenoxy) is 2. The zero-order chi connectivity index (χ0) is 14.5. The lowest BCUT2D eigenvalue weighted by Crippen LogP contribution is -2.44. The van der Waals surface area contributed by atoms with E-state index in [9.17, 15) is 20.1 Å². The summed E-state index contributed by atoms with van der Waals surface area (Å²) in [7, 11) is 0. The number of carbonyl (C=O) groups excluding carboxylic acids is 1. The summed E-state index contributed by atoms with van der Waals surface area (Å²) in [6.45, 7) is 3.16. The molecule has 1 aliphatic rings. The van der Waals surface area contributed by atoms with Gasteiger partial charge in [-0.3, -0.25) is 4.79 Å². The molecule has 1 rings (SSSR count). The van der Waals surface area contributed by atoms with Gasteiger partial charge in [0.05, 0.1) is 6.26 Å². The van der Waals surface area contributed by atoms with E-state index >= 15 is 0 Å². The predicted molar refractivity (Wildman–Crippen MR) is 66.5 cm³/mol. The minimum absolute atomic E-state index is 0.0281. The molecule has 19 heavy (non-hydrogen) atoms. The van der Waals surface area contributed by atoms with Crippen LogP contribution in [-0.4, -0.2) is 39.3 Å². The summed E-state index contributed by atoms with van der Waals surface area (Å²) in [6.07, 6.45) is 4.35. The van der Waals surface area contributed by atoms with Crippen molar-refractivity contribution in [1.29, 1.82) is 0 Å². The second-order valence-corrected chi connectivity index (χ2v) is 4.06. The first-order valence-electron chi connectivity index (χ1n) is 5.93. The van der Waals surface area contributed by atoms with Gasteiger partial charge in [-0.05, 0) is 37.6 Å². The Kier molecular flexibility index (Phi) is 5.29.